The Labute approximate surface area is 125 Å². The van der Waals surface area contributed by atoms with Crippen molar-refractivity contribution in [3.05, 3.63) is 36.0 Å². The molecule has 0 aliphatic heterocycles. The first-order chi connectivity index (χ1) is 9.79. The Morgan fingerprint density at radius 2 is 1.95 bits per heavy atom. The van der Waals surface area contributed by atoms with Crippen LogP contribution in [0.4, 0.5) is 0 Å². The van der Waals surface area contributed by atoms with Crippen molar-refractivity contribution in [2.45, 2.75) is 44.6 Å². The Morgan fingerprint density at radius 3 is 2.70 bits per heavy atom. The summed E-state index contributed by atoms with van der Waals surface area (Å²) in [4.78, 5) is 4.50. The van der Waals surface area contributed by atoms with Crippen molar-refractivity contribution in [1.82, 2.24) is 4.98 Å². The minimum Gasteiger partial charge on any atom is -0.474 e. The average molecular weight is 290 g/mol. The third-order valence-corrected chi connectivity index (χ3v) is 4.57. The molecule has 3 rings (SSSR count). The molecule has 1 heterocycles. The van der Waals surface area contributed by atoms with Crippen LogP contribution in [0.25, 0.3) is 10.8 Å². The number of rotatable bonds is 3. The first kappa shape index (κ1) is 13.7. The lowest BCUT2D eigenvalue weighted by molar-refractivity contribution is 0.0993. The summed E-state index contributed by atoms with van der Waals surface area (Å²) < 4.78 is 6.23. The van der Waals surface area contributed by atoms with E-state index in [-0.39, 0.29) is 0 Å². The number of halogens is 1. The van der Waals surface area contributed by atoms with Gasteiger partial charge in [0.25, 0.3) is 0 Å². The van der Waals surface area contributed by atoms with E-state index >= 15 is 0 Å². The molecule has 106 valence electrons. The van der Waals surface area contributed by atoms with Crippen molar-refractivity contribution in [3.8, 4) is 5.88 Å². The van der Waals surface area contributed by atoms with Gasteiger partial charge >= 0.3 is 0 Å². The fraction of sp³-hybridized carbons (Fsp3) is 0.471. The molecular formula is C17H20ClNO. The lowest BCUT2D eigenvalue weighted by atomic mass is 9.88. The lowest BCUT2D eigenvalue weighted by Gasteiger charge is -2.29. The normalized spacial score (nSPS) is 22.9. The summed E-state index contributed by atoms with van der Waals surface area (Å²) in [7, 11) is 0. The van der Waals surface area contributed by atoms with Crippen LogP contribution in [-0.4, -0.2) is 11.1 Å². The maximum Gasteiger partial charge on any atom is 0.221 e. The van der Waals surface area contributed by atoms with E-state index in [9.17, 15) is 0 Å². The van der Waals surface area contributed by atoms with Gasteiger partial charge in [-0.3, -0.25) is 0 Å². The summed E-state index contributed by atoms with van der Waals surface area (Å²) >= 11 is 5.99. The molecule has 2 aromatic rings. The molecule has 0 radical (unpaired) electrons. The van der Waals surface area contributed by atoms with Gasteiger partial charge in [-0.2, -0.15) is 0 Å². The molecule has 0 N–H and O–H groups in total. The molecule has 1 aromatic heterocycles. The molecule has 1 saturated carbocycles. The third-order valence-electron chi connectivity index (χ3n) is 4.28. The van der Waals surface area contributed by atoms with Gasteiger partial charge in [0.05, 0.1) is 0 Å². The maximum atomic E-state index is 6.23. The molecule has 2 unspecified atom stereocenters. The number of hydrogen-bond donors (Lipinski definition) is 0. The van der Waals surface area contributed by atoms with E-state index in [1.54, 1.807) is 0 Å². The van der Waals surface area contributed by atoms with Crippen molar-refractivity contribution in [2.24, 2.45) is 5.92 Å². The van der Waals surface area contributed by atoms with Crippen LogP contribution in [0.1, 0.15) is 38.2 Å². The van der Waals surface area contributed by atoms with Crippen molar-refractivity contribution >= 4 is 22.4 Å². The predicted molar refractivity (Wildman–Crippen MR) is 83.3 cm³/mol. The molecule has 0 saturated heterocycles. The maximum absolute atomic E-state index is 6.23. The Kier molecular flexibility index (Phi) is 4.11. The highest BCUT2D eigenvalue weighted by molar-refractivity contribution is 6.18. The van der Waals surface area contributed by atoms with Gasteiger partial charge in [0.15, 0.2) is 0 Å². The van der Waals surface area contributed by atoms with Crippen LogP contribution in [0.5, 0.6) is 5.88 Å². The first-order valence-electron chi connectivity index (χ1n) is 7.39. The topological polar surface area (TPSA) is 22.1 Å². The SMILES string of the molecule is CC1CCCCC1Oc1ncc(CCl)c2ccccc12. The summed E-state index contributed by atoms with van der Waals surface area (Å²) in [5.74, 6) is 1.85. The lowest BCUT2D eigenvalue weighted by Crippen LogP contribution is -2.28. The van der Waals surface area contributed by atoms with Gasteiger partial charge in [-0.05, 0) is 42.2 Å². The minimum atomic E-state index is 0.293. The van der Waals surface area contributed by atoms with Crippen molar-refractivity contribution in [1.29, 1.82) is 0 Å². The predicted octanol–water partition coefficient (Wildman–Crippen LogP) is 4.93. The highest BCUT2D eigenvalue weighted by atomic mass is 35.5. The summed E-state index contributed by atoms with van der Waals surface area (Å²) in [6, 6.07) is 8.22. The van der Waals surface area contributed by atoms with E-state index in [0.717, 1.165) is 28.6 Å². The number of benzene rings is 1. The van der Waals surface area contributed by atoms with Crippen LogP contribution in [0.2, 0.25) is 0 Å². The van der Waals surface area contributed by atoms with E-state index in [2.05, 4.69) is 24.0 Å². The molecular weight excluding hydrogens is 270 g/mol. The number of alkyl halides is 1. The van der Waals surface area contributed by atoms with E-state index in [0.29, 0.717) is 17.9 Å². The van der Waals surface area contributed by atoms with Gasteiger partial charge in [-0.15, -0.1) is 11.6 Å². The molecule has 1 aliphatic rings. The number of ether oxygens (including phenoxy) is 1. The molecule has 2 nitrogen and oxygen atoms in total. The number of aromatic nitrogens is 1. The highest BCUT2D eigenvalue weighted by Gasteiger charge is 2.24. The molecule has 2 atom stereocenters. The van der Waals surface area contributed by atoms with Crippen molar-refractivity contribution < 1.29 is 4.74 Å². The molecule has 0 amide bonds. The van der Waals surface area contributed by atoms with Gasteiger partial charge in [0.2, 0.25) is 5.88 Å². The molecule has 1 aliphatic carbocycles. The average Bonchev–Trinajstić information content (AvgIpc) is 2.50. The van der Waals surface area contributed by atoms with E-state index in [4.69, 9.17) is 16.3 Å². The van der Waals surface area contributed by atoms with Crippen LogP contribution < -0.4 is 4.74 Å². The fourth-order valence-corrected chi connectivity index (χ4v) is 3.24. The quantitative estimate of drug-likeness (QED) is 0.747. The second kappa shape index (κ2) is 6.01. The van der Waals surface area contributed by atoms with E-state index < -0.39 is 0 Å². The summed E-state index contributed by atoms with van der Waals surface area (Å²) in [6.45, 7) is 2.28. The zero-order chi connectivity index (χ0) is 13.9. The van der Waals surface area contributed by atoms with Crippen LogP contribution in [-0.2, 0) is 5.88 Å². The zero-order valence-corrected chi connectivity index (χ0v) is 12.6. The number of hydrogen-bond acceptors (Lipinski definition) is 2. The Morgan fingerprint density at radius 1 is 1.20 bits per heavy atom. The fourth-order valence-electron chi connectivity index (χ4n) is 3.03. The highest BCUT2D eigenvalue weighted by Crippen LogP contribution is 2.32. The minimum absolute atomic E-state index is 0.293. The molecule has 0 bridgehead atoms. The van der Waals surface area contributed by atoms with Gasteiger partial charge in [-0.1, -0.05) is 31.5 Å². The molecule has 20 heavy (non-hydrogen) atoms. The van der Waals surface area contributed by atoms with Crippen LogP contribution >= 0.6 is 11.6 Å². The van der Waals surface area contributed by atoms with Gasteiger partial charge in [-0.25, -0.2) is 4.98 Å². The Balaban J connectivity index is 1.95. The van der Waals surface area contributed by atoms with Crippen LogP contribution in [0.15, 0.2) is 30.5 Å². The first-order valence-corrected chi connectivity index (χ1v) is 7.92. The Hall–Kier alpha value is -1.28. The zero-order valence-electron chi connectivity index (χ0n) is 11.8. The third kappa shape index (κ3) is 2.62. The second-order valence-corrected chi connectivity index (χ2v) is 5.95. The summed E-state index contributed by atoms with van der Waals surface area (Å²) in [5.41, 5.74) is 1.06. The number of fused-ring (bicyclic) bond motifs is 1. The van der Waals surface area contributed by atoms with Gasteiger partial charge in [0.1, 0.15) is 6.10 Å². The molecule has 0 spiro atoms. The number of nitrogens with zero attached hydrogens (tertiary/aromatic N) is 1. The summed E-state index contributed by atoms with van der Waals surface area (Å²) in [6.07, 6.45) is 7.10. The number of pyridine rings is 1. The Bertz CT molecular complexity index is 599. The summed E-state index contributed by atoms with van der Waals surface area (Å²) in [5, 5.41) is 2.22. The standard InChI is InChI=1S/C17H20ClNO/c1-12-6-2-5-9-16(12)20-17-15-8-4-3-7-14(15)13(10-18)11-19-17/h3-4,7-8,11-12,16H,2,5-6,9-10H2,1H3. The smallest absolute Gasteiger partial charge is 0.221 e. The van der Waals surface area contributed by atoms with Crippen molar-refractivity contribution in [3.63, 3.8) is 0 Å². The second-order valence-electron chi connectivity index (χ2n) is 5.69. The van der Waals surface area contributed by atoms with Crippen LogP contribution in [0.3, 0.4) is 0 Å². The van der Waals surface area contributed by atoms with E-state index in [1.807, 2.05) is 18.3 Å². The van der Waals surface area contributed by atoms with E-state index in [1.165, 1.54) is 19.3 Å². The van der Waals surface area contributed by atoms with Crippen LogP contribution in [0, 0.1) is 5.92 Å². The molecule has 1 aromatic carbocycles. The van der Waals surface area contributed by atoms with Gasteiger partial charge in [0, 0.05) is 17.5 Å². The monoisotopic (exact) mass is 289 g/mol. The van der Waals surface area contributed by atoms with Crippen molar-refractivity contribution in [2.75, 3.05) is 0 Å². The largest absolute Gasteiger partial charge is 0.474 e. The van der Waals surface area contributed by atoms with Gasteiger partial charge < -0.3 is 4.74 Å². The molecule has 1 fully saturated rings. The molecule has 3 heteroatoms.